The number of carbonyl (C=O) groups is 1. The number of nitrogens with zero attached hydrogens (tertiary/aromatic N) is 4. The highest BCUT2D eigenvalue weighted by molar-refractivity contribution is 5.76. The highest BCUT2D eigenvalue weighted by Crippen LogP contribution is 2.20. The second-order valence-electron chi connectivity index (χ2n) is 8.90. The average Bonchev–Trinajstić information content (AvgIpc) is 3.14. The van der Waals surface area contributed by atoms with E-state index in [0.717, 1.165) is 38.3 Å². The molecular formula is C22H32N4O2. The van der Waals surface area contributed by atoms with Gasteiger partial charge in [-0.2, -0.15) is 0 Å². The maximum Gasteiger partial charge on any atom is 0.247 e. The van der Waals surface area contributed by atoms with Crippen LogP contribution in [-0.2, 0) is 11.2 Å². The van der Waals surface area contributed by atoms with Crippen molar-refractivity contribution in [1.29, 1.82) is 0 Å². The van der Waals surface area contributed by atoms with Gasteiger partial charge in [0.05, 0.1) is 0 Å². The van der Waals surface area contributed by atoms with Gasteiger partial charge in [-0.3, -0.25) is 9.69 Å². The number of carbonyl (C=O) groups excluding carboxylic acids is 1. The van der Waals surface area contributed by atoms with Crippen molar-refractivity contribution in [2.75, 3.05) is 32.7 Å². The Bertz CT molecular complexity index is 769. The molecule has 1 aliphatic rings. The second-order valence-corrected chi connectivity index (χ2v) is 8.90. The van der Waals surface area contributed by atoms with E-state index in [1.54, 1.807) is 0 Å². The van der Waals surface area contributed by atoms with Gasteiger partial charge in [0, 0.05) is 44.6 Å². The molecule has 1 aromatic heterocycles. The van der Waals surface area contributed by atoms with E-state index in [1.165, 1.54) is 12.0 Å². The summed E-state index contributed by atoms with van der Waals surface area (Å²) in [6.07, 6.45) is 2.08. The van der Waals surface area contributed by atoms with Crippen LogP contribution in [0.4, 0.5) is 0 Å². The molecule has 1 aromatic carbocycles. The van der Waals surface area contributed by atoms with Gasteiger partial charge in [0.1, 0.15) is 0 Å². The van der Waals surface area contributed by atoms with E-state index in [9.17, 15) is 4.79 Å². The SMILES string of the molecule is Cc1ccc(-c2nnc(CCC(=O)N3CCN(CCC(C)(C)C)CC3)o2)cc1. The maximum absolute atomic E-state index is 12.5. The lowest BCUT2D eigenvalue weighted by atomic mass is 9.92. The Morgan fingerprint density at radius 1 is 1.07 bits per heavy atom. The van der Waals surface area contributed by atoms with Gasteiger partial charge in [-0.25, -0.2) is 0 Å². The van der Waals surface area contributed by atoms with Crippen LogP contribution in [0.25, 0.3) is 11.5 Å². The molecule has 152 valence electrons. The first-order valence-corrected chi connectivity index (χ1v) is 10.2. The third kappa shape index (κ3) is 5.89. The lowest BCUT2D eigenvalue weighted by Crippen LogP contribution is -2.49. The second kappa shape index (κ2) is 8.86. The summed E-state index contributed by atoms with van der Waals surface area (Å²) in [5.41, 5.74) is 2.45. The van der Waals surface area contributed by atoms with Gasteiger partial charge in [-0.15, -0.1) is 10.2 Å². The van der Waals surface area contributed by atoms with E-state index >= 15 is 0 Å². The number of hydrogen-bond acceptors (Lipinski definition) is 5. The van der Waals surface area contributed by atoms with Crippen LogP contribution in [0.3, 0.4) is 0 Å². The summed E-state index contributed by atoms with van der Waals surface area (Å²) in [7, 11) is 0. The lowest BCUT2D eigenvalue weighted by molar-refractivity contribution is -0.133. The van der Waals surface area contributed by atoms with Crippen LogP contribution in [-0.4, -0.2) is 58.6 Å². The highest BCUT2D eigenvalue weighted by atomic mass is 16.4. The van der Waals surface area contributed by atoms with E-state index in [0.29, 0.717) is 30.0 Å². The summed E-state index contributed by atoms with van der Waals surface area (Å²) >= 11 is 0. The summed E-state index contributed by atoms with van der Waals surface area (Å²) in [4.78, 5) is 16.9. The number of amides is 1. The van der Waals surface area contributed by atoms with Crippen molar-refractivity contribution in [2.45, 2.75) is 47.0 Å². The fourth-order valence-corrected chi connectivity index (χ4v) is 3.25. The van der Waals surface area contributed by atoms with E-state index in [-0.39, 0.29) is 5.91 Å². The third-order valence-corrected chi connectivity index (χ3v) is 5.22. The quantitative estimate of drug-likeness (QED) is 0.762. The number of aromatic nitrogens is 2. The molecule has 0 N–H and O–H groups in total. The van der Waals surface area contributed by atoms with Gasteiger partial charge in [0.15, 0.2) is 0 Å². The maximum atomic E-state index is 12.5. The van der Waals surface area contributed by atoms with E-state index in [2.05, 4.69) is 35.9 Å². The van der Waals surface area contributed by atoms with Crippen LogP contribution in [0.15, 0.2) is 28.7 Å². The Balaban J connectivity index is 1.43. The Labute approximate surface area is 167 Å². The molecule has 0 saturated carbocycles. The topological polar surface area (TPSA) is 62.5 Å². The molecule has 1 fully saturated rings. The first-order valence-electron chi connectivity index (χ1n) is 10.2. The molecule has 6 heteroatoms. The molecule has 2 heterocycles. The predicted octanol–water partition coefficient (Wildman–Crippen LogP) is 3.56. The van der Waals surface area contributed by atoms with Gasteiger partial charge in [0.2, 0.25) is 17.7 Å². The van der Waals surface area contributed by atoms with E-state index in [4.69, 9.17) is 4.42 Å². The fraction of sp³-hybridized carbons (Fsp3) is 0.591. The van der Waals surface area contributed by atoms with Crippen molar-refractivity contribution in [2.24, 2.45) is 5.41 Å². The molecule has 0 unspecified atom stereocenters. The van der Waals surface area contributed by atoms with Crippen LogP contribution in [0.5, 0.6) is 0 Å². The molecule has 3 rings (SSSR count). The molecule has 0 spiro atoms. The molecule has 1 saturated heterocycles. The predicted molar refractivity (Wildman–Crippen MR) is 110 cm³/mol. The fourth-order valence-electron chi connectivity index (χ4n) is 3.25. The molecule has 0 atom stereocenters. The van der Waals surface area contributed by atoms with Crippen LogP contribution in [0, 0.1) is 12.3 Å². The minimum atomic E-state index is 0.172. The number of piperazine rings is 1. The summed E-state index contributed by atoms with van der Waals surface area (Å²) in [6.45, 7) is 13.5. The summed E-state index contributed by atoms with van der Waals surface area (Å²) < 4.78 is 5.73. The summed E-state index contributed by atoms with van der Waals surface area (Å²) in [5.74, 6) is 1.20. The smallest absolute Gasteiger partial charge is 0.247 e. The van der Waals surface area contributed by atoms with Gasteiger partial charge < -0.3 is 9.32 Å². The Kier molecular flexibility index (Phi) is 6.50. The standard InChI is InChI=1S/C22H32N4O2/c1-17-5-7-18(8-6-17)21-24-23-19(28-21)9-10-20(27)26-15-13-25(14-16-26)12-11-22(2,3)4/h5-8H,9-16H2,1-4H3. The monoisotopic (exact) mass is 384 g/mol. The molecule has 0 bridgehead atoms. The normalized spacial score (nSPS) is 15.8. The minimum absolute atomic E-state index is 0.172. The van der Waals surface area contributed by atoms with Crippen LogP contribution >= 0.6 is 0 Å². The molecule has 6 nitrogen and oxygen atoms in total. The molecule has 1 aliphatic heterocycles. The van der Waals surface area contributed by atoms with Crippen molar-refractivity contribution in [3.63, 3.8) is 0 Å². The van der Waals surface area contributed by atoms with Gasteiger partial charge in [-0.1, -0.05) is 38.5 Å². The highest BCUT2D eigenvalue weighted by Gasteiger charge is 2.22. The first kappa shape index (κ1) is 20.5. The van der Waals surface area contributed by atoms with Gasteiger partial charge >= 0.3 is 0 Å². The molecule has 2 aromatic rings. The van der Waals surface area contributed by atoms with Crippen molar-refractivity contribution in [3.8, 4) is 11.5 Å². The zero-order valence-electron chi connectivity index (χ0n) is 17.6. The molecule has 28 heavy (non-hydrogen) atoms. The van der Waals surface area contributed by atoms with Crippen LogP contribution in [0.2, 0.25) is 0 Å². The zero-order valence-corrected chi connectivity index (χ0v) is 17.6. The molecule has 0 radical (unpaired) electrons. The molecule has 0 aliphatic carbocycles. The molecule has 1 amide bonds. The Hall–Kier alpha value is -2.21. The lowest BCUT2D eigenvalue weighted by Gasteiger charge is -2.36. The van der Waals surface area contributed by atoms with Crippen molar-refractivity contribution in [1.82, 2.24) is 20.0 Å². The zero-order chi connectivity index (χ0) is 20.1. The first-order chi connectivity index (χ1) is 13.3. The number of hydrogen-bond donors (Lipinski definition) is 0. The minimum Gasteiger partial charge on any atom is -0.421 e. The number of benzene rings is 1. The Morgan fingerprint density at radius 2 is 1.75 bits per heavy atom. The van der Waals surface area contributed by atoms with Crippen LogP contribution < -0.4 is 0 Å². The van der Waals surface area contributed by atoms with Crippen LogP contribution in [0.1, 0.15) is 45.1 Å². The van der Waals surface area contributed by atoms with E-state index in [1.807, 2.05) is 36.1 Å². The number of aryl methyl sites for hydroxylation is 2. The van der Waals surface area contributed by atoms with Crippen molar-refractivity contribution in [3.05, 3.63) is 35.7 Å². The molecular weight excluding hydrogens is 352 g/mol. The van der Waals surface area contributed by atoms with E-state index < -0.39 is 0 Å². The Morgan fingerprint density at radius 3 is 2.39 bits per heavy atom. The van der Waals surface area contributed by atoms with Crippen molar-refractivity contribution < 1.29 is 9.21 Å². The average molecular weight is 385 g/mol. The largest absolute Gasteiger partial charge is 0.421 e. The van der Waals surface area contributed by atoms with Crippen molar-refractivity contribution >= 4 is 5.91 Å². The summed E-state index contributed by atoms with van der Waals surface area (Å²) in [5, 5.41) is 8.20. The van der Waals surface area contributed by atoms with Gasteiger partial charge in [-0.05, 0) is 37.4 Å². The third-order valence-electron chi connectivity index (χ3n) is 5.22. The number of rotatable bonds is 6. The summed E-state index contributed by atoms with van der Waals surface area (Å²) in [6, 6.07) is 7.97. The van der Waals surface area contributed by atoms with Gasteiger partial charge in [0.25, 0.3) is 0 Å².